The summed E-state index contributed by atoms with van der Waals surface area (Å²) in [4.78, 5) is 0.102. The molecule has 0 aromatic heterocycles. The van der Waals surface area contributed by atoms with Gasteiger partial charge in [0.05, 0.1) is 12.8 Å². The van der Waals surface area contributed by atoms with E-state index in [0.717, 1.165) is 18.6 Å². The van der Waals surface area contributed by atoms with Crippen LogP contribution in [0, 0.1) is 0 Å². The maximum Gasteiger partial charge on any atom is 0.242 e. The zero-order valence-corrected chi connectivity index (χ0v) is 13.3. The molecule has 0 radical (unpaired) electrons. The van der Waals surface area contributed by atoms with Crippen molar-refractivity contribution in [2.75, 3.05) is 25.1 Å². The van der Waals surface area contributed by atoms with Crippen molar-refractivity contribution in [3.05, 3.63) is 18.2 Å². The highest BCUT2D eigenvalue weighted by Crippen LogP contribution is 2.37. The lowest BCUT2D eigenvalue weighted by Crippen LogP contribution is -2.36. The SMILES string of the molecule is COc1ccc(S(=O)(=O)NCC2(C)CCCS2)c(N)c1. The summed E-state index contributed by atoms with van der Waals surface area (Å²) in [5.41, 5.74) is 5.99. The normalized spacial score (nSPS) is 22.9. The van der Waals surface area contributed by atoms with Gasteiger partial charge in [-0.1, -0.05) is 0 Å². The van der Waals surface area contributed by atoms with Crippen molar-refractivity contribution in [2.24, 2.45) is 0 Å². The molecule has 112 valence electrons. The first-order chi connectivity index (χ1) is 9.36. The third-order valence-corrected chi connectivity index (χ3v) is 6.46. The molecular formula is C13H20N2O3S2. The molecule has 1 heterocycles. The fourth-order valence-corrected chi connectivity index (χ4v) is 4.82. The van der Waals surface area contributed by atoms with Gasteiger partial charge in [0.2, 0.25) is 10.0 Å². The summed E-state index contributed by atoms with van der Waals surface area (Å²) >= 11 is 1.81. The van der Waals surface area contributed by atoms with Gasteiger partial charge in [0.1, 0.15) is 10.6 Å². The zero-order valence-electron chi connectivity index (χ0n) is 11.7. The second kappa shape index (κ2) is 5.83. The number of hydrogen-bond acceptors (Lipinski definition) is 5. The third kappa shape index (κ3) is 3.39. The van der Waals surface area contributed by atoms with Crippen LogP contribution in [0.15, 0.2) is 23.1 Å². The molecule has 1 unspecified atom stereocenters. The molecule has 0 aliphatic carbocycles. The quantitative estimate of drug-likeness (QED) is 0.810. The fraction of sp³-hybridized carbons (Fsp3) is 0.538. The van der Waals surface area contributed by atoms with Gasteiger partial charge in [0.25, 0.3) is 0 Å². The lowest BCUT2D eigenvalue weighted by molar-refractivity contribution is 0.414. The van der Waals surface area contributed by atoms with Crippen molar-refractivity contribution in [3.63, 3.8) is 0 Å². The summed E-state index contributed by atoms with van der Waals surface area (Å²) in [5, 5.41) is 0. The summed E-state index contributed by atoms with van der Waals surface area (Å²) in [7, 11) is -2.07. The molecule has 1 fully saturated rings. The van der Waals surface area contributed by atoms with Gasteiger partial charge in [0.15, 0.2) is 0 Å². The molecule has 1 atom stereocenters. The number of anilines is 1. The van der Waals surface area contributed by atoms with Crippen LogP contribution in [0.1, 0.15) is 19.8 Å². The number of nitrogens with two attached hydrogens (primary N) is 1. The van der Waals surface area contributed by atoms with Gasteiger partial charge in [-0.05, 0) is 37.7 Å². The highest BCUT2D eigenvalue weighted by atomic mass is 32.2. The average molecular weight is 316 g/mol. The molecule has 3 N–H and O–H groups in total. The van der Waals surface area contributed by atoms with Gasteiger partial charge in [-0.25, -0.2) is 13.1 Å². The van der Waals surface area contributed by atoms with Gasteiger partial charge in [0, 0.05) is 17.4 Å². The number of hydrogen-bond donors (Lipinski definition) is 2. The number of nitrogens with one attached hydrogen (secondary N) is 1. The standard InChI is InChI=1S/C13H20N2O3S2/c1-13(6-3-7-19-13)9-15-20(16,17)12-5-4-10(18-2)8-11(12)14/h4-5,8,15H,3,6-7,9,14H2,1-2H3. The molecule has 20 heavy (non-hydrogen) atoms. The van der Waals surface area contributed by atoms with E-state index in [9.17, 15) is 8.42 Å². The van der Waals surface area contributed by atoms with Crippen LogP contribution < -0.4 is 15.2 Å². The lowest BCUT2D eigenvalue weighted by Gasteiger charge is -2.23. The van der Waals surface area contributed by atoms with Crippen molar-refractivity contribution in [1.29, 1.82) is 0 Å². The number of thioether (sulfide) groups is 1. The van der Waals surface area contributed by atoms with E-state index >= 15 is 0 Å². The second-order valence-electron chi connectivity index (χ2n) is 5.13. The number of ether oxygens (including phenoxy) is 1. The van der Waals surface area contributed by atoms with Gasteiger partial charge < -0.3 is 10.5 Å². The van der Waals surface area contributed by atoms with E-state index in [-0.39, 0.29) is 15.3 Å². The third-order valence-electron chi connectivity index (χ3n) is 3.44. The van der Waals surface area contributed by atoms with Crippen LogP contribution in [0.25, 0.3) is 0 Å². The minimum absolute atomic E-state index is 0.0195. The Morgan fingerprint density at radius 2 is 2.25 bits per heavy atom. The fourth-order valence-electron chi connectivity index (χ4n) is 2.20. The Bertz CT molecular complexity index is 581. The highest BCUT2D eigenvalue weighted by Gasteiger charge is 2.31. The van der Waals surface area contributed by atoms with Crippen LogP contribution in [0.3, 0.4) is 0 Å². The lowest BCUT2D eigenvalue weighted by atomic mass is 10.1. The van der Waals surface area contributed by atoms with Crippen LogP contribution in [0.2, 0.25) is 0 Å². The molecule has 0 bridgehead atoms. The smallest absolute Gasteiger partial charge is 0.242 e. The summed E-state index contributed by atoms with van der Waals surface area (Å²) in [6, 6.07) is 4.58. The van der Waals surface area contributed by atoms with E-state index in [1.165, 1.54) is 19.2 Å². The van der Waals surface area contributed by atoms with E-state index in [1.54, 1.807) is 6.07 Å². The molecule has 1 saturated heterocycles. The summed E-state index contributed by atoms with van der Waals surface area (Å²) in [6.45, 7) is 2.51. The minimum Gasteiger partial charge on any atom is -0.497 e. The Balaban J connectivity index is 2.14. The van der Waals surface area contributed by atoms with Crippen molar-refractivity contribution < 1.29 is 13.2 Å². The van der Waals surface area contributed by atoms with E-state index in [0.29, 0.717) is 12.3 Å². The summed E-state index contributed by atoms with van der Waals surface area (Å²) in [5.74, 6) is 1.63. The first-order valence-corrected chi connectivity index (χ1v) is 8.90. The predicted molar refractivity (Wildman–Crippen MR) is 82.7 cm³/mol. The van der Waals surface area contributed by atoms with E-state index in [1.807, 2.05) is 11.8 Å². The minimum atomic E-state index is -3.59. The maximum atomic E-state index is 12.3. The number of benzene rings is 1. The van der Waals surface area contributed by atoms with E-state index in [2.05, 4.69) is 11.6 Å². The van der Waals surface area contributed by atoms with Gasteiger partial charge in [-0.3, -0.25) is 0 Å². The van der Waals surface area contributed by atoms with Crippen molar-refractivity contribution in [1.82, 2.24) is 4.72 Å². The molecule has 0 saturated carbocycles. The monoisotopic (exact) mass is 316 g/mol. The second-order valence-corrected chi connectivity index (χ2v) is 8.55. The predicted octanol–water partition coefficient (Wildman–Crippen LogP) is 1.84. The first kappa shape index (κ1) is 15.5. The van der Waals surface area contributed by atoms with Crippen LogP contribution in [-0.4, -0.2) is 32.6 Å². The Morgan fingerprint density at radius 3 is 2.80 bits per heavy atom. The number of methoxy groups -OCH3 is 1. The average Bonchev–Trinajstić information content (AvgIpc) is 2.84. The van der Waals surface area contributed by atoms with E-state index < -0.39 is 10.0 Å². The van der Waals surface area contributed by atoms with Crippen molar-refractivity contribution in [2.45, 2.75) is 29.4 Å². The largest absolute Gasteiger partial charge is 0.497 e. The zero-order chi connectivity index (χ0) is 14.8. The number of rotatable bonds is 5. The Hall–Kier alpha value is -0.920. The molecule has 1 aromatic carbocycles. The number of sulfonamides is 1. The molecule has 1 aromatic rings. The maximum absolute atomic E-state index is 12.3. The molecule has 1 aliphatic heterocycles. The van der Waals surface area contributed by atoms with Crippen LogP contribution in [0.5, 0.6) is 5.75 Å². The van der Waals surface area contributed by atoms with Gasteiger partial charge >= 0.3 is 0 Å². The molecule has 2 rings (SSSR count). The van der Waals surface area contributed by atoms with Crippen molar-refractivity contribution >= 4 is 27.5 Å². The molecule has 0 spiro atoms. The highest BCUT2D eigenvalue weighted by molar-refractivity contribution is 8.01. The molecule has 7 heteroatoms. The topological polar surface area (TPSA) is 81.4 Å². The summed E-state index contributed by atoms with van der Waals surface area (Å²) in [6.07, 6.45) is 2.16. The first-order valence-electron chi connectivity index (χ1n) is 6.43. The Labute approximate surface area is 124 Å². The molecule has 0 amide bonds. The molecule has 1 aliphatic rings. The summed E-state index contributed by atoms with van der Waals surface area (Å²) < 4.78 is 32.3. The Kier molecular flexibility index (Phi) is 4.51. The van der Waals surface area contributed by atoms with Gasteiger partial charge in [-0.2, -0.15) is 11.8 Å². The Morgan fingerprint density at radius 1 is 1.50 bits per heavy atom. The van der Waals surface area contributed by atoms with Gasteiger partial charge in [-0.15, -0.1) is 0 Å². The molecule has 5 nitrogen and oxygen atoms in total. The number of nitrogen functional groups attached to an aromatic ring is 1. The molecular weight excluding hydrogens is 296 g/mol. The van der Waals surface area contributed by atoms with Crippen LogP contribution in [0.4, 0.5) is 5.69 Å². The van der Waals surface area contributed by atoms with Crippen LogP contribution >= 0.6 is 11.8 Å². The van der Waals surface area contributed by atoms with Crippen molar-refractivity contribution in [3.8, 4) is 5.75 Å². The van der Waals surface area contributed by atoms with Crippen LogP contribution in [-0.2, 0) is 10.0 Å². The van der Waals surface area contributed by atoms with E-state index in [4.69, 9.17) is 10.5 Å².